The summed E-state index contributed by atoms with van der Waals surface area (Å²) in [5, 5.41) is 15.7. The van der Waals surface area contributed by atoms with Crippen LogP contribution in [0.2, 0.25) is 10.0 Å². The molecule has 0 saturated heterocycles. The number of rotatable bonds is 9. The molecule has 4 aromatic rings. The quantitative estimate of drug-likeness (QED) is 0.330. The Morgan fingerprint density at radius 1 is 1.09 bits per heavy atom. The summed E-state index contributed by atoms with van der Waals surface area (Å²) in [5.41, 5.74) is 2.06. The van der Waals surface area contributed by atoms with Crippen molar-refractivity contribution in [2.45, 2.75) is 20.1 Å². The van der Waals surface area contributed by atoms with Crippen molar-refractivity contribution in [1.82, 2.24) is 30.0 Å². The van der Waals surface area contributed by atoms with Gasteiger partial charge in [0.2, 0.25) is 11.7 Å². The molecule has 0 aliphatic rings. The van der Waals surface area contributed by atoms with Gasteiger partial charge in [-0.3, -0.25) is 4.79 Å². The average molecular weight is 487 g/mol. The van der Waals surface area contributed by atoms with E-state index in [1.54, 1.807) is 30.8 Å². The Balaban J connectivity index is 1.58. The Morgan fingerprint density at radius 3 is 2.61 bits per heavy atom. The third-order valence-electron chi connectivity index (χ3n) is 4.87. The van der Waals surface area contributed by atoms with Crippen LogP contribution < -0.4 is 9.47 Å². The Kier molecular flexibility index (Phi) is 6.90. The molecule has 0 aliphatic carbocycles. The van der Waals surface area contributed by atoms with Gasteiger partial charge >= 0.3 is 0 Å². The van der Waals surface area contributed by atoms with Crippen molar-refractivity contribution < 1.29 is 14.3 Å². The van der Waals surface area contributed by atoms with Crippen LogP contribution in [0.4, 0.5) is 0 Å². The standard InChI is InChI=1S/C22H20Cl2N6O3/c1-14-18(22(29(2)26-14)33-12-15-6-4-3-5-7-15)20(31)16-8-9-17(23)21(19(16)24)32-11-10-30-13-25-27-28-30/h3-9,13H,10-12H2,1-2H3. The summed E-state index contributed by atoms with van der Waals surface area (Å²) in [6.45, 7) is 2.63. The minimum absolute atomic E-state index is 0.112. The van der Waals surface area contributed by atoms with E-state index < -0.39 is 0 Å². The summed E-state index contributed by atoms with van der Waals surface area (Å²) < 4.78 is 14.8. The van der Waals surface area contributed by atoms with Crippen LogP contribution in [0.25, 0.3) is 0 Å². The van der Waals surface area contributed by atoms with E-state index in [-0.39, 0.29) is 33.7 Å². The summed E-state index contributed by atoms with van der Waals surface area (Å²) in [4.78, 5) is 13.5. The number of benzene rings is 2. The van der Waals surface area contributed by atoms with Gasteiger partial charge < -0.3 is 9.47 Å². The fourth-order valence-electron chi connectivity index (χ4n) is 3.29. The summed E-state index contributed by atoms with van der Waals surface area (Å²) in [6, 6.07) is 12.8. The number of carbonyl (C=O) groups excluding carboxylic acids is 1. The average Bonchev–Trinajstić information content (AvgIpc) is 3.42. The van der Waals surface area contributed by atoms with Crippen molar-refractivity contribution in [2.75, 3.05) is 6.61 Å². The zero-order valence-electron chi connectivity index (χ0n) is 17.9. The van der Waals surface area contributed by atoms with Gasteiger partial charge in [0.25, 0.3) is 0 Å². The molecule has 0 atom stereocenters. The molecular formula is C22H20Cl2N6O3. The van der Waals surface area contributed by atoms with Gasteiger partial charge in [-0.2, -0.15) is 5.10 Å². The summed E-state index contributed by atoms with van der Waals surface area (Å²) >= 11 is 12.8. The first-order valence-electron chi connectivity index (χ1n) is 10.0. The van der Waals surface area contributed by atoms with Gasteiger partial charge in [-0.15, -0.1) is 5.10 Å². The maximum absolute atomic E-state index is 13.5. The Morgan fingerprint density at radius 2 is 1.88 bits per heavy atom. The van der Waals surface area contributed by atoms with Crippen LogP contribution in [0, 0.1) is 6.92 Å². The number of halogens is 2. The Bertz CT molecular complexity index is 1260. The second kappa shape index (κ2) is 10.0. The third-order valence-corrected chi connectivity index (χ3v) is 5.54. The molecule has 0 saturated carbocycles. The number of ketones is 1. The van der Waals surface area contributed by atoms with Crippen molar-refractivity contribution >= 4 is 29.0 Å². The van der Waals surface area contributed by atoms with Gasteiger partial charge in [-0.05, 0) is 35.0 Å². The molecule has 0 spiro atoms. The fourth-order valence-corrected chi connectivity index (χ4v) is 3.85. The number of hydrogen-bond donors (Lipinski definition) is 0. The van der Waals surface area contributed by atoms with Crippen LogP contribution in [0.5, 0.6) is 11.6 Å². The predicted octanol–water partition coefficient (Wildman–Crippen LogP) is 3.91. The fraction of sp³-hybridized carbons (Fsp3) is 0.227. The molecule has 0 aliphatic heterocycles. The highest BCUT2D eigenvalue weighted by atomic mass is 35.5. The molecule has 0 unspecified atom stereocenters. The smallest absolute Gasteiger partial charge is 0.223 e. The van der Waals surface area contributed by atoms with Gasteiger partial charge in [-0.1, -0.05) is 53.5 Å². The molecule has 170 valence electrons. The predicted molar refractivity (Wildman–Crippen MR) is 122 cm³/mol. The van der Waals surface area contributed by atoms with E-state index in [2.05, 4.69) is 20.6 Å². The second-order valence-corrected chi connectivity index (χ2v) is 7.94. The van der Waals surface area contributed by atoms with Gasteiger partial charge in [0.1, 0.15) is 25.1 Å². The van der Waals surface area contributed by atoms with Crippen molar-refractivity contribution in [2.24, 2.45) is 7.05 Å². The second-order valence-electron chi connectivity index (χ2n) is 7.15. The van der Waals surface area contributed by atoms with Crippen LogP contribution in [-0.2, 0) is 20.2 Å². The lowest BCUT2D eigenvalue weighted by Crippen LogP contribution is -2.11. The molecule has 2 heterocycles. The van der Waals surface area contributed by atoms with Gasteiger partial charge in [0.15, 0.2) is 5.75 Å². The maximum atomic E-state index is 13.5. The molecule has 0 fully saturated rings. The van der Waals surface area contributed by atoms with E-state index >= 15 is 0 Å². The molecular weight excluding hydrogens is 467 g/mol. The van der Waals surface area contributed by atoms with Crippen molar-refractivity contribution in [3.8, 4) is 11.6 Å². The van der Waals surface area contributed by atoms with Gasteiger partial charge in [0, 0.05) is 12.6 Å². The van der Waals surface area contributed by atoms with Crippen molar-refractivity contribution in [3.05, 3.63) is 81.2 Å². The van der Waals surface area contributed by atoms with E-state index in [0.717, 1.165) is 5.56 Å². The van der Waals surface area contributed by atoms with E-state index in [0.29, 0.717) is 30.3 Å². The molecule has 9 nitrogen and oxygen atoms in total. The lowest BCUT2D eigenvalue weighted by molar-refractivity contribution is 0.103. The number of aromatic nitrogens is 6. The highest BCUT2D eigenvalue weighted by Crippen LogP contribution is 2.38. The first kappa shape index (κ1) is 22.8. The van der Waals surface area contributed by atoms with Crippen LogP contribution in [0.15, 0.2) is 48.8 Å². The topological polar surface area (TPSA) is 97.0 Å². The number of carbonyl (C=O) groups is 1. The van der Waals surface area contributed by atoms with E-state index in [4.69, 9.17) is 32.7 Å². The lowest BCUT2D eigenvalue weighted by atomic mass is 10.0. The molecule has 2 aromatic carbocycles. The summed E-state index contributed by atoms with van der Waals surface area (Å²) in [7, 11) is 1.72. The molecule has 0 amide bonds. The number of tetrazole rings is 1. The number of hydrogen-bond acceptors (Lipinski definition) is 7. The molecule has 0 bridgehead atoms. The van der Waals surface area contributed by atoms with Crippen molar-refractivity contribution in [3.63, 3.8) is 0 Å². The molecule has 0 radical (unpaired) electrons. The van der Waals surface area contributed by atoms with Crippen LogP contribution >= 0.6 is 23.2 Å². The first-order valence-corrected chi connectivity index (χ1v) is 10.8. The maximum Gasteiger partial charge on any atom is 0.223 e. The largest absolute Gasteiger partial charge is 0.488 e. The van der Waals surface area contributed by atoms with Gasteiger partial charge in [0.05, 0.1) is 22.3 Å². The SMILES string of the molecule is Cc1nn(C)c(OCc2ccccc2)c1C(=O)c1ccc(Cl)c(OCCn2cnnn2)c1Cl. The highest BCUT2D eigenvalue weighted by molar-refractivity contribution is 6.40. The Hall–Kier alpha value is -3.43. The summed E-state index contributed by atoms with van der Waals surface area (Å²) in [6.07, 6.45) is 1.47. The molecule has 11 heteroatoms. The van der Waals surface area contributed by atoms with E-state index in [1.165, 1.54) is 11.0 Å². The molecule has 4 rings (SSSR count). The zero-order valence-corrected chi connectivity index (χ0v) is 19.4. The summed E-state index contributed by atoms with van der Waals surface area (Å²) in [5.74, 6) is 0.231. The normalized spacial score (nSPS) is 10.9. The highest BCUT2D eigenvalue weighted by Gasteiger charge is 2.26. The number of aryl methyl sites for hydroxylation is 2. The molecule has 0 N–H and O–H groups in total. The van der Waals surface area contributed by atoms with Gasteiger partial charge in [-0.25, -0.2) is 9.36 Å². The zero-order chi connectivity index (χ0) is 23.4. The molecule has 2 aromatic heterocycles. The molecule has 33 heavy (non-hydrogen) atoms. The minimum Gasteiger partial charge on any atom is -0.488 e. The number of ether oxygens (including phenoxy) is 2. The van der Waals surface area contributed by atoms with Crippen molar-refractivity contribution in [1.29, 1.82) is 0 Å². The van der Waals surface area contributed by atoms with E-state index in [1.807, 2.05) is 30.3 Å². The van der Waals surface area contributed by atoms with Crippen LogP contribution in [0.1, 0.15) is 27.2 Å². The lowest BCUT2D eigenvalue weighted by Gasteiger charge is -2.13. The monoisotopic (exact) mass is 486 g/mol. The third kappa shape index (κ3) is 4.99. The minimum atomic E-state index is -0.337. The first-order chi connectivity index (χ1) is 16.0. The van der Waals surface area contributed by atoms with Crippen LogP contribution in [-0.4, -0.2) is 42.4 Å². The number of nitrogens with zero attached hydrogens (tertiary/aromatic N) is 6. The van der Waals surface area contributed by atoms with E-state index in [9.17, 15) is 4.79 Å². The van der Waals surface area contributed by atoms with Crippen LogP contribution in [0.3, 0.4) is 0 Å². The Labute approximate surface area is 199 Å².